The van der Waals surface area contributed by atoms with E-state index in [9.17, 15) is 4.39 Å². The van der Waals surface area contributed by atoms with Crippen molar-refractivity contribution < 1.29 is 4.39 Å². The molecule has 2 N–H and O–H groups in total. The summed E-state index contributed by atoms with van der Waals surface area (Å²) in [6.45, 7) is 0. The number of hydrogen-bond acceptors (Lipinski definition) is 1. The summed E-state index contributed by atoms with van der Waals surface area (Å²) in [5, 5.41) is 0. The fourth-order valence-corrected chi connectivity index (χ4v) is 2.13. The van der Waals surface area contributed by atoms with Crippen molar-refractivity contribution in [2.24, 2.45) is 11.7 Å². The highest BCUT2D eigenvalue weighted by Gasteiger charge is 2.32. The first-order valence-corrected chi connectivity index (χ1v) is 5.19. The molecule has 1 aliphatic rings. The van der Waals surface area contributed by atoms with Crippen LogP contribution in [0.4, 0.5) is 4.39 Å². The molecule has 0 bridgehead atoms. The van der Waals surface area contributed by atoms with E-state index in [1.807, 2.05) is 6.07 Å². The van der Waals surface area contributed by atoms with Crippen LogP contribution in [0, 0.1) is 11.7 Å². The average molecular weight is 244 g/mol. The maximum atomic E-state index is 13.4. The Morgan fingerprint density at radius 2 is 2.15 bits per heavy atom. The predicted octanol–water partition coefficient (Wildman–Crippen LogP) is 3.00. The first kappa shape index (κ1) is 9.16. The molecule has 1 fully saturated rings. The molecule has 3 heteroatoms. The lowest BCUT2D eigenvalue weighted by molar-refractivity contribution is 0.551. The molecule has 0 aliphatic heterocycles. The van der Waals surface area contributed by atoms with Crippen molar-refractivity contribution in [3.63, 3.8) is 0 Å². The molecule has 0 amide bonds. The van der Waals surface area contributed by atoms with Crippen LogP contribution in [0.15, 0.2) is 22.7 Å². The maximum Gasteiger partial charge on any atom is 0.129 e. The third-order valence-corrected chi connectivity index (χ3v) is 3.15. The Morgan fingerprint density at radius 1 is 1.46 bits per heavy atom. The Labute approximate surface area is 85.3 Å². The highest BCUT2D eigenvalue weighted by atomic mass is 79.9. The van der Waals surface area contributed by atoms with Gasteiger partial charge >= 0.3 is 0 Å². The lowest BCUT2D eigenvalue weighted by atomic mass is 10.0. The van der Waals surface area contributed by atoms with Crippen molar-refractivity contribution in [1.82, 2.24) is 0 Å². The Balaban J connectivity index is 2.36. The van der Waals surface area contributed by atoms with Crippen molar-refractivity contribution in [2.45, 2.75) is 18.9 Å². The molecule has 1 aromatic rings. The summed E-state index contributed by atoms with van der Waals surface area (Å²) >= 11 is 3.32. The van der Waals surface area contributed by atoms with E-state index in [1.54, 1.807) is 6.07 Å². The van der Waals surface area contributed by atoms with Crippen molar-refractivity contribution in [1.29, 1.82) is 0 Å². The van der Waals surface area contributed by atoms with E-state index in [-0.39, 0.29) is 11.9 Å². The molecule has 0 unspecified atom stereocenters. The molecule has 2 rings (SSSR count). The smallest absolute Gasteiger partial charge is 0.129 e. The highest BCUT2D eigenvalue weighted by molar-refractivity contribution is 9.10. The minimum absolute atomic E-state index is 0.143. The molecule has 0 heterocycles. The Hall–Kier alpha value is -0.410. The van der Waals surface area contributed by atoms with Crippen LogP contribution >= 0.6 is 15.9 Å². The summed E-state index contributed by atoms with van der Waals surface area (Å²) in [7, 11) is 0. The third-order valence-electron chi connectivity index (χ3n) is 2.46. The van der Waals surface area contributed by atoms with E-state index in [1.165, 1.54) is 6.07 Å². The summed E-state index contributed by atoms with van der Waals surface area (Å²) < 4.78 is 14.2. The average Bonchev–Trinajstić information content (AvgIpc) is 2.85. The second-order valence-electron chi connectivity index (χ2n) is 3.50. The lowest BCUT2D eigenvalue weighted by Gasteiger charge is -2.13. The fraction of sp³-hybridized carbons (Fsp3) is 0.400. The van der Waals surface area contributed by atoms with E-state index in [0.29, 0.717) is 11.5 Å². The van der Waals surface area contributed by atoms with Gasteiger partial charge in [0.1, 0.15) is 5.82 Å². The van der Waals surface area contributed by atoms with Crippen LogP contribution in [0.5, 0.6) is 0 Å². The molecule has 0 aromatic heterocycles. The van der Waals surface area contributed by atoms with Gasteiger partial charge in [-0.15, -0.1) is 0 Å². The standard InChI is InChI=1S/C10H11BrFN/c11-7-2-1-3-8(12)9(7)10(13)6-4-5-6/h1-3,6,10H,4-5,13H2/t10-/m1/s1. The SMILES string of the molecule is N[C@@H](c1c(F)cccc1Br)C1CC1. The topological polar surface area (TPSA) is 26.0 Å². The van der Waals surface area contributed by atoms with Gasteiger partial charge in [-0.3, -0.25) is 0 Å². The van der Waals surface area contributed by atoms with Gasteiger partial charge in [0.25, 0.3) is 0 Å². The van der Waals surface area contributed by atoms with Gasteiger partial charge in [-0.05, 0) is 30.9 Å². The molecular weight excluding hydrogens is 233 g/mol. The maximum absolute atomic E-state index is 13.4. The van der Waals surface area contributed by atoms with Crippen LogP contribution in [-0.2, 0) is 0 Å². The Kier molecular flexibility index (Phi) is 2.39. The summed E-state index contributed by atoms with van der Waals surface area (Å²) in [6, 6.07) is 4.83. The molecule has 0 spiro atoms. The van der Waals surface area contributed by atoms with Crippen LogP contribution in [0.1, 0.15) is 24.4 Å². The molecule has 1 aliphatic carbocycles. The highest BCUT2D eigenvalue weighted by Crippen LogP contribution is 2.42. The van der Waals surface area contributed by atoms with Crippen molar-refractivity contribution in [3.8, 4) is 0 Å². The van der Waals surface area contributed by atoms with Crippen LogP contribution in [-0.4, -0.2) is 0 Å². The first-order chi connectivity index (χ1) is 6.20. The third kappa shape index (κ3) is 1.76. The Morgan fingerprint density at radius 3 is 2.69 bits per heavy atom. The summed E-state index contributed by atoms with van der Waals surface area (Å²) in [5.74, 6) is 0.280. The first-order valence-electron chi connectivity index (χ1n) is 4.39. The molecule has 70 valence electrons. The van der Waals surface area contributed by atoms with E-state index in [4.69, 9.17) is 5.73 Å². The summed E-state index contributed by atoms with van der Waals surface area (Å²) in [4.78, 5) is 0. The minimum Gasteiger partial charge on any atom is -0.324 e. The number of rotatable bonds is 2. The van der Waals surface area contributed by atoms with E-state index in [0.717, 1.165) is 17.3 Å². The largest absolute Gasteiger partial charge is 0.324 e. The van der Waals surface area contributed by atoms with Gasteiger partial charge in [0.05, 0.1) is 0 Å². The molecule has 1 nitrogen and oxygen atoms in total. The van der Waals surface area contributed by atoms with Crippen LogP contribution in [0.3, 0.4) is 0 Å². The number of nitrogens with two attached hydrogens (primary N) is 1. The van der Waals surface area contributed by atoms with Crippen molar-refractivity contribution >= 4 is 15.9 Å². The van der Waals surface area contributed by atoms with E-state index >= 15 is 0 Å². The predicted molar refractivity (Wildman–Crippen MR) is 53.8 cm³/mol. The van der Waals surface area contributed by atoms with Crippen LogP contribution < -0.4 is 5.73 Å². The quantitative estimate of drug-likeness (QED) is 0.850. The van der Waals surface area contributed by atoms with Crippen LogP contribution in [0.25, 0.3) is 0 Å². The molecule has 1 aromatic carbocycles. The molecule has 1 atom stereocenters. The number of benzene rings is 1. The molecule has 1 saturated carbocycles. The van der Waals surface area contributed by atoms with Gasteiger partial charge in [-0.2, -0.15) is 0 Å². The van der Waals surface area contributed by atoms with Gasteiger partial charge in [0.15, 0.2) is 0 Å². The zero-order chi connectivity index (χ0) is 9.42. The van der Waals surface area contributed by atoms with E-state index < -0.39 is 0 Å². The molecule has 0 saturated heterocycles. The second kappa shape index (κ2) is 3.39. The van der Waals surface area contributed by atoms with Crippen LogP contribution in [0.2, 0.25) is 0 Å². The summed E-state index contributed by atoms with van der Waals surface area (Å²) in [6.07, 6.45) is 2.25. The lowest BCUT2D eigenvalue weighted by Crippen LogP contribution is -2.14. The zero-order valence-electron chi connectivity index (χ0n) is 7.13. The molecule has 0 radical (unpaired) electrons. The van der Waals surface area contributed by atoms with Gasteiger partial charge in [0.2, 0.25) is 0 Å². The number of halogens is 2. The monoisotopic (exact) mass is 243 g/mol. The Bertz CT molecular complexity index is 302. The van der Waals surface area contributed by atoms with Crippen molar-refractivity contribution in [2.75, 3.05) is 0 Å². The second-order valence-corrected chi connectivity index (χ2v) is 4.35. The fourth-order valence-electron chi connectivity index (χ4n) is 1.52. The van der Waals surface area contributed by atoms with Gasteiger partial charge < -0.3 is 5.73 Å². The van der Waals surface area contributed by atoms with Gasteiger partial charge in [-0.25, -0.2) is 4.39 Å². The normalized spacial score (nSPS) is 18.7. The van der Waals surface area contributed by atoms with Gasteiger partial charge in [0, 0.05) is 16.1 Å². The summed E-state index contributed by atoms with van der Waals surface area (Å²) in [5.41, 5.74) is 6.56. The zero-order valence-corrected chi connectivity index (χ0v) is 8.72. The molecule has 13 heavy (non-hydrogen) atoms. The van der Waals surface area contributed by atoms with Gasteiger partial charge in [-0.1, -0.05) is 22.0 Å². The number of hydrogen-bond donors (Lipinski definition) is 1. The van der Waals surface area contributed by atoms with Crippen molar-refractivity contribution in [3.05, 3.63) is 34.1 Å². The minimum atomic E-state index is -0.200. The molecular formula is C10H11BrFN. The van der Waals surface area contributed by atoms with E-state index in [2.05, 4.69) is 15.9 Å².